The number of benzene rings is 1. The monoisotopic (exact) mass is 430 g/mol. The Morgan fingerprint density at radius 3 is 2.92 bits per heavy atom. The zero-order chi connectivity index (χ0) is 18.3. The van der Waals surface area contributed by atoms with Gasteiger partial charge in [-0.3, -0.25) is 4.79 Å². The number of fused-ring (bicyclic) bond motifs is 3. The molecule has 4 rings (SSSR count). The second kappa shape index (κ2) is 6.96. The molecule has 0 fully saturated rings. The summed E-state index contributed by atoms with van der Waals surface area (Å²) in [5.74, 6) is 1.52. The number of para-hydroxylation sites is 1. The number of amides is 1. The highest BCUT2D eigenvalue weighted by Crippen LogP contribution is 2.40. The topological polar surface area (TPSA) is 58.1 Å². The summed E-state index contributed by atoms with van der Waals surface area (Å²) in [6.07, 6.45) is 3.39. The molecule has 134 valence electrons. The van der Waals surface area contributed by atoms with Gasteiger partial charge in [-0.25, -0.2) is 9.97 Å². The highest BCUT2D eigenvalue weighted by Gasteiger charge is 2.24. The van der Waals surface area contributed by atoms with E-state index in [0.717, 1.165) is 44.9 Å². The molecular formula is C19H19BrN4OS. The van der Waals surface area contributed by atoms with E-state index in [1.807, 2.05) is 43.1 Å². The summed E-state index contributed by atoms with van der Waals surface area (Å²) in [4.78, 5) is 26.2. The van der Waals surface area contributed by atoms with E-state index < -0.39 is 0 Å². The van der Waals surface area contributed by atoms with Crippen LogP contribution >= 0.6 is 27.3 Å². The molecule has 0 aliphatic heterocycles. The van der Waals surface area contributed by atoms with Crippen LogP contribution in [-0.2, 0) is 17.6 Å². The van der Waals surface area contributed by atoms with Gasteiger partial charge in [-0.2, -0.15) is 0 Å². The number of anilines is 2. The van der Waals surface area contributed by atoms with Crippen molar-refractivity contribution in [2.75, 3.05) is 23.8 Å². The molecule has 7 heteroatoms. The summed E-state index contributed by atoms with van der Waals surface area (Å²) < 4.78 is 0.868. The number of halogens is 1. The fourth-order valence-corrected chi connectivity index (χ4v) is 5.08. The summed E-state index contributed by atoms with van der Waals surface area (Å²) in [5, 5.41) is 4.08. The van der Waals surface area contributed by atoms with Crippen LogP contribution in [0.1, 0.15) is 22.7 Å². The van der Waals surface area contributed by atoms with Gasteiger partial charge in [0.05, 0.1) is 17.6 Å². The lowest BCUT2D eigenvalue weighted by Gasteiger charge is -2.19. The fourth-order valence-electron chi connectivity index (χ4n) is 3.40. The quantitative estimate of drug-likeness (QED) is 0.668. The van der Waals surface area contributed by atoms with Crippen LogP contribution in [0.25, 0.3) is 10.2 Å². The summed E-state index contributed by atoms with van der Waals surface area (Å²) in [5.41, 5.74) is 2.14. The summed E-state index contributed by atoms with van der Waals surface area (Å²) in [6, 6.07) is 7.60. The predicted molar refractivity (Wildman–Crippen MR) is 110 cm³/mol. The maximum Gasteiger partial charge on any atom is 0.243 e. The molecule has 1 amide bonds. The van der Waals surface area contributed by atoms with Gasteiger partial charge in [-0.1, -0.05) is 12.1 Å². The van der Waals surface area contributed by atoms with Crippen molar-refractivity contribution in [2.45, 2.75) is 26.2 Å². The molecule has 5 nitrogen and oxygen atoms in total. The first kappa shape index (κ1) is 17.4. The summed E-state index contributed by atoms with van der Waals surface area (Å²) >= 11 is 5.23. The number of rotatable bonds is 4. The van der Waals surface area contributed by atoms with Gasteiger partial charge in [-0.15, -0.1) is 11.3 Å². The van der Waals surface area contributed by atoms with Crippen LogP contribution in [0, 0.1) is 6.92 Å². The predicted octanol–water partition coefficient (Wildman–Crippen LogP) is 4.33. The number of hydrogen-bond donors (Lipinski definition) is 1. The Labute approximate surface area is 164 Å². The number of nitrogens with zero attached hydrogens (tertiary/aromatic N) is 3. The van der Waals surface area contributed by atoms with Gasteiger partial charge >= 0.3 is 0 Å². The Hall–Kier alpha value is -1.99. The van der Waals surface area contributed by atoms with Crippen molar-refractivity contribution in [3.63, 3.8) is 0 Å². The van der Waals surface area contributed by atoms with E-state index in [0.29, 0.717) is 0 Å². The number of likely N-dealkylation sites (N-methyl/N-ethyl adjacent to an activating group) is 1. The lowest BCUT2D eigenvalue weighted by Crippen LogP contribution is -2.31. The Morgan fingerprint density at radius 2 is 2.12 bits per heavy atom. The van der Waals surface area contributed by atoms with Gasteiger partial charge in [0.15, 0.2) is 0 Å². The minimum atomic E-state index is -0.0734. The van der Waals surface area contributed by atoms with Gasteiger partial charge in [0, 0.05) is 16.4 Å². The van der Waals surface area contributed by atoms with Crippen molar-refractivity contribution in [1.29, 1.82) is 0 Å². The van der Waals surface area contributed by atoms with Crippen molar-refractivity contribution < 1.29 is 4.79 Å². The lowest BCUT2D eigenvalue weighted by molar-refractivity contribution is -0.114. The minimum Gasteiger partial charge on any atom is -0.350 e. The first-order valence-corrected chi connectivity index (χ1v) is 10.2. The van der Waals surface area contributed by atoms with Crippen molar-refractivity contribution in [2.24, 2.45) is 0 Å². The molecule has 1 N–H and O–H groups in total. The van der Waals surface area contributed by atoms with E-state index in [-0.39, 0.29) is 12.5 Å². The van der Waals surface area contributed by atoms with Crippen LogP contribution in [0.5, 0.6) is 0 Å². The molecular weight excluding hydrogens is 412 g/mol. The number of aryl methyl sites for hydroxylation is 3. The van der Waals surface area contributed by atoms with Crippen LogP contribution in [0.2, 0.25) is 0 Å². The third-order valence-electron chi connectivity index (χ3n) is 4.55. The van der Waals surface area contributed by atoms with E-state index in [1.54, 1.807) is 11.3 Å². The van der Waals surface area contributed by atoms with E-state index in [4.69, 9.17) is 0 Å². The van der Waals surface area contributed by atoms with Gasteiger partial charge in [0.2, 0.25) is 5.91 Å². The van der Waals surface area contributed by atoms with Crippen molar-refractivity contribution >= 4 is 54.9 Å². The Bertz CT molecular complexity index is 1000. The van der Waals surface area contributed by atoms with Crippen LogP contribution < -0.4 is 10.2 Å². The molecule has 0 spiro atoms. The molecule has 0 bridgehead atoms. The van der Waals surface area contributed by atoms with E-state index in [9.17, 15) is 4.79 Å². The number of carbonyl (C=O) groups excluding carboxylic acids is 1. The molecule has 0 saturated carbocycles. The third-order valence-corrected chi connectivity index (χ3v) is 6.42. The first-order chi connectivity index (χ1) is 12.5. The Balaban J connectivity index is 1.61. The lowest BCUT2D eigenvalue weighted by atomic mass is 10.2. The molecule has 1 aliphatic carbocycles. The smallest absolute Gasteiger partial charge is 0.243 e. The van der Waals surface area contributed by atoms with Crippen molar-refractivity contribution in [3.8, 4) is 0 Å². The van der Waals surface area contributed by atoms with Crippen LogP contribution in [0.3, 0.4) is 0 Å². The van der Waals surface area contributed by atoms with Gasteiger partial charge in [-0.05, 0) is 59.8 Å². The average Bonchev–Trinajstić information content (AvgIpc) is 3.16. The van der Waals surface area contributed by atoms with E-state index in [2.05, 4.69) is 31.2 Å². The number of thiophene rings is 1. The highest BCUT2D eigenvalue weighted by molar-refractivity contribution is 9.10. The molecule has 2 aromatic heterocycles. The molecule has 1 aliphatic rings. The number of hydrogen-bond acceptors (Lipinski definition) is 5. The van der Waals surface area contributed by atoms with Gasteiger partial charge in [0.1, 0.15) is 16.5 Å². The average molecular weight is 431 g/mol. The molecule has 3 aromatic rings. The zero-order valence-corrected chi connectivity index (χ0v) is 17.1. The second-order valence-electron chi connectivity index (χ2n) is 6.52. The number of aromatic nitrogens is 2. The van der Waals surface area contributed by atoms with Crippen LogP contribution in [-0.4, -0.2) is 29.5 Å². The van der Waals surface area contributed by atoms with E-state index in [1.165, 1.54) is 16.9 Å². The van der Waals surface area contributed by atoms with E-state index >= 15 is 0 Å². The molecule has 0 atom stereocenters. The second-order valence-corrected chi connectivity index (χ2v) is 8.45. The molecule has 0 saturated heterocycles. The normalized spacial score (nSPS) is 13.0. The van der Waals surface area contributed by atoms with Crippen molar-refractivity contribution in [3.05, 3.63) is 45.0 Å². The molecule has 26 heavy (non-hydrogen) atoms. The van der Waals surface area contributed by atoms with Crippen LogP contribution in [0.15, 0.2) is 28.7 Å². The molecule has 1 aromatic carbocycles. The molecule has 0 radical (unpaired) electrons. The zero-order valence-electron chi connectivity index (χ0n) is 14.7. The molecule has 2 heterocycles. The third kappa shape index (κ3) is 3.21. The first-order valence-electron chi connectivity index (χ1n) is 8.57. The SMILES string of the molecule is Cc1nc(N(C)CC(=O)Nc2ccccc2Br)c2c3c(sc2n1)CCC3. The standard InChI is InChI=1S/C19H19BrN4OS/c1-11-21-18(17-12-6-5-9-15(12)26-19(17)22-11)24(2)10-16(25)23-14-8-4-3-7-13(14)20/h3-4,7-8H,5-6,9-10H2,1-2H3,(H,23,25). The fraction of sp³-hybridized carbons (Fsp3) is 0.316. The Kier molecular flexibility index (Phi) is 4.67. The summed E-state index contributed by atoms with van der Waals surface area (Å²) in [7, 11) is 1.92. The largest absolute Gasteiger partial charge is 0.350 e. The number of carbonyl (C=O) groups is 1. The Morgan fingerprint density at radius 1 is 1.31 bits per heavy atom. The maximum absolute atomic E-state index is 12.5. The van der Waals surface area contributed by atoms with Crippen molar-refractivity contribution in [1.82, 2.24) is 9.97 Å². The summed E-state index contributed by atoms with van der Waals surface area (Å²) in [6.45, 7) is 2.14. The highest BCUT2D eigenvalue weighted by atomic mass is 79.9. The van der Waals surface area contributed by atoms with Crippen LogP contribution in [0.4, 0.5) is 11.5 Å². The number of nitrogens with one attached hydrogen (secondary N) is 1. The minimum absolute atomic E-state index is 0.0734. The molecule has 0 unspecified atom stereocenters. The maximum atomic E-state index is 12.5. The van der Waals surface area contributed by atoms with Gasteiger partial charge < -0.3 is 10.2 Å². The van der Waals surface area contributed by atoms with Gasteiger partial charge in [0.25, 0.3) is 0 Å².